The Morgan fingerprint density at radius 1 is 0.923 bits per heavy atom. The Bertz CT molecular complexity index is 732. The van der Waals surface area contributed by atoms with Crippen molar-refractivity contribution in [1.82, 2.24) is 9.80 Å². The maximum absolute atomic E-state index is 12.5. The molecule has 2 aromatic rings. The number of rotatable bonds is 3. The van der Waals surface area contributed by atoms with Gasteiger partial charge in [0.05, 0.1) is 0 Å². The van der Waals surface area contributed by atoms with Crippen molar-refractivity contribution in [2.75, 3.05) is 31.5 Å². The normalized spacial score (nSPS) is 15.6. The van der Waals surface area contributed by atoms with Crippen LogP contribution in [0.15, 0.2) is 54.6 Å². The first kappa shape index (κ1) is 18.3. The second kappa shape index (κ2) is 7.79. The van der Waals surface area contributed by atoms with Crippen LogP contribution in [0.1, 0.15) is 20.8 Å². The number of anilines is 1. The summed E-state index contributed by atoms with van der Waals surface area (Å²) in [5.74, 6) is 1.47. The monoisotopic (exact) mass is 353 g/mol. The van der Waals surface area contributed by atoms with Crippen molar-refractivity contribution in [2.24, 2.45) is 0 Å². The molecule has 1 aliphatic rings. The van der Waals surface area contributed by atoms with Gasteiger partial charge in [-0.15, -0.1) is 0 Å². The molecule has 0 unspecified atom stereocenters. The molecule has 1 saturated heterocycles. The molecular weight excluding hydrogens is 326 g/mol. The van der Waals surface area contributed by atoms with Crippen LogP contribution in [-0.2, 0) is 0 Å². The van der Waals surface area contributed by atoms with Crippen molar-refractivity contribution in [2.45, 2.75) is 26.3 Å². The quantitative estimate of drug-likeness (QED) is 0.888. The summed E-state index contributed by atoms with van der Waals surface area (Å²) in [4.78, 5) is 16.8. The number of piperazine rings is 1. The highest BCUT2D eigenvalue weighted by Crippen LogP contribution is 2.24. The number of hydrogen-bond donors (Lipinski definition) is 1. The van der Waals surface area contributed by atoms with Crippen molar-refractivity contribution in [3.05, 3.63) is 54.6 Å². The van der Waals surface area contributed by atoms with Crippen LogP contribution in [0.2, 0.25) is 0 Å². The fourth-order valence-electron chi connectivity index (χ4n) is 3.04. The highest BCUT2D eigenvalue weighted by molar-refractivity contribution is 5.89. The average Bonchev–Trinajstić information content (AvgIpc) is 2.62. The minimum Gasteiger partial charge on any atom is -0.457 e. The Morgan fingerprint density at radius 3 is 2.23 bits per heavy atom. The lowest BCUT2D eigenvalue weighted by molar-refractivity contribution is 0.0774. The van der Waals surface area contributed by atoms with Gasteiger partial charge >= 0.3 is 6.03 Å². The summed E-state index contributed by atoms with van der Waals surface area (Å²) >= 11 is 0. The number of hydrogen-bond acceptors (Lipinski definition) is 3. The Hall–Kier alpha value is -2.53. The molecule has 138 valence electrons. The molecule has 1 N–H and O–H groups in total. The van der Waals surface area contributed by atoms with Crippen molar-refractivity contribution in [1.29, 1.82) is 0 Å². The second-order valence-electron chi connectivity index (χ2n) is 7.52. The van der Waals surface area contributed by atoms with E-state index in [-0.39, 0.29) is 11.6 Å². The van der Waals surface area contributed by atoms with Crippen LogP contribution in [0, 0.1) is 0 Å². The zero-order valence-corrected chi connectivity index (χ0v) is 15.7. The highest BCUT2D eigenvalue weighted by Gasteiger charge is 2.27. The third-order valence-electron chi connectivity index (χ3n) is 4.58. The molecule has 2 amide bonds. The Balaban J connectivity index is 1.57. The molecule has 1 heterocycles. The van der Waals surface area contributed by atoms with Gasteiger partial charge in [-0.25, -0.2) is 4.79 Å². The van der Waals surface area contributed by atoms with Crippen LogP contribution < -0.4 is 10.1 Å². The maximum Gasteiger partial charge on any atom is 0.321 e. The average molecular weight is 353 g/mol. The fraction of sp³-hybridized carbons (Fsp3) is 0.381. The molecular formula is C21H27N3O2. The molecule has 1 aliphatic heterocycles. The van der Waals surface area contributed by atoms with Gasteiger partial charge < -0.3 is 15.0 Å². The number of benzene rings is 2. The fourth-order valence-corrected chi connectivity index (χ4v) is 3.04. The lowest BCUT2D eigenvalue weighted by atomic mass is 10.1. The molecule has 0 saturated carbocycles. The van der Waals surface area contributed by atoms with E-state index in [9.17, 15) is 4.79 Å². The molecule has 0 aromatic heterocycles. The van der Waals surface area contributed by atoms with E-state index in [0.29, 0.717) is 5.75 Å². The van der Waals surface area contributed by atoms with E-state index in [4.69, 9.17) is 4.74 Å². The van der Waals surface area contributed by atoms with E-state index >= 15 is 0 Å². The molecule has 0 aliphatic carbocycles. The summed E-state index contributed by atoms with van der Waals surface area (Å²) in [5, 5.41) is 2.98. The van der Waals surface area contributed by atoms with Gasteiger partial charge in [0, 0.05) is 43.5 Å². The predicted octanol–water partition coefficient (Wildman–Crippen LogP) is 4.43. The van der Waals surface area contributed by atoms with Crippen molar-refractivity contribution in [3.63, 3.8) is 0 Å². The second-order valence-corrected chi connectivity index (χ2v) is 7.52. The van der Waals surface area contributed by atoms with Gasteiger partial charge in [-0.2, -0.15) is 0 Å². The summed E-state index contributed by atoms with van der Waals surface area (Å²) in [6, 6.07) is 17.0. The lowest BCUT2D eigenvalue weighted by Gasteiger charge is -2.42. The van der Waals surface area contributed by atoms with E-state index in [0.717, 1.165) is 37.6 Å². The topological polar surface area (TPSA) is 44.8 Å². The molecule has 3 rings (SSSR count). The number of urea groups is 1. The van der Waals surface area contributed by atoms with Gasteiger partial charge in [0.1, 0.15) is 11.5 Å². The standard InChI is InChI=1S/C21H27N3O2/c1-21(2,3)24-14-12-23(13-15-24)20(25)22-17-8-7-11-19(16-17)26-18-9-5-4-6-10-18/h4-11,16H,12-15H2,1-3H3,(H,22,25). The lowest BCUT2D eigenvalue weighted by Crippen LogP contribution is -2.55. The maximum atomic E-state index is 12.5. The van der Waals surface area contributed by atoms with Gasteiger partial charge in [-0.1, -0.05) is 24.3 Å². The van der Waals surface area contributed by atoms with Gasteiger partial charge in [-0.05, 0) is 45.0 Å². The zero-order valence-electron chi connectivity index (χ0n) is 15.7. The number of carbonyl (C=O) groups is 1. The molecule has 5 heteroatoms. The van der Waals surface area contributed by atoms with E-state index < -0.39 is 0 Å². The summed E-state index contributed by atoms with van der Waals surface area (Å²) in [6.45, 7) is 9.90. The zero-order chi connectivity index (χ0) is 18.6. The summed E-state index contributed by atoms with van der Waals surface area (Å²) in [5.41, 5.74) is 0.882. The van der Waals surface area contributed by atoms with E-state index in [2.05, 4.69) is 31.0 Å². The first-order chi connectivity index (χ1) is 12.4. The molecule has 5 nitrogen and oxygen atoms in total. The van der Waals surface area contributed by atoms with Crippen LogP contribution in [0.25, 0.3) is 0 Å². The van der Waals surface area contributed by atoms with Gasteiger partial charge in [0.15, 0.2) is 0 Å². The third kappa shape index (κ3) is 4.76. The SMILES string of the molecule is CC(C)(C)N1CCN(C(=O)Nc2cccc(Oc3ccccc3)c2)CC1. The Kier molecular flexibility index (Phi) is 5.47. The molecule has 0 bridgehead atoms. The summed E-state index contributed by atoms with van der Waals surface area (Å²) < 4.78 is 5.83. The van der Waals surface area contributed by atoms with Gasteiger partial charge in [0.25, 0.3) is 0 Å². The molecule has 0 radical (unpaired) electrons. The first-order valence-corrected chi connectivity index (χ1v) is 9.06. The van der Waals surface area contributed by atoms with Crippen LogP contribution in [-0.4, -0.2) is 47.5 Å². The van der Waals surface area contributed by atoms with Crippen LogP contribution in [0.3, 0.4) is 0 Å². The van der Waals surface area contributed by atoms with E-state index in [1.807, 2.05) is 59.5 Å². The van der Waals surface area contributed by atoms with Crippen LogP contribution in [0.5, 0.6) is 11.5 Å². The highest BCUT2D eigenvalue weighted by atomic mass is 16.5. The Morgan fingerprint density at radius 2 is 1.58 bits per heavy atom. The van der Waals surface area contributed by atoms with E-state index in [1.165, 1.54) is 0 Å². The first-order valence-electron chi connectivity index (χ1n) is 9.06. The smallest absolute Gasteiger partial charge is 0.321 e. The number of para-hydroxylation sites is 1. The number of nitrogens with zero attached hydrogens (tertiary/aromatic N) is 2. The minimum absolute atomic E-state index is 0.0598. The molecule has 0 spiro atoms. The van der Waals surface area contributed by atoms with Gasteiger partial charge in [0.2, 0.25) is 0 Å². The number of carbonyl (C=O) groups excluding carboxylic acids is 1. The molecule has 26 heavy (non-hydrogen) atoms. The third-order valence-corrected chi connectivity index (χ3v) is 4.58. The van der Waals surface area contributed by atoms with Crippen molar-refractivity contribution >= 4 is 11.7 Å². The Labute approximate surface area is 155 Å². The van der Waals surface area contributed by atoms with Crippen molar-refractivity contribution in [3.8, 4) is 11.5 Å². The molecule has 1 fully saturated rings. The molecule has 0 atom stereocenters. The summed E-state index contributed by atoms with van der Waals surface area (Å²) in [7, 11) is 0. The predicted molar refractivity (Wildman–Crippen MR) is 105 cm³/mol. The van der Waals surface area contributed by atoms with Crippen LogP contribution in [0.4, 0.5) is 10.5 Å². The minimum atomic E-state index is -0.0598. The van der Waals surface area contributed by atoms with Crippen molar-refractivity contribution < 1.29 is 9.53 Å². The van der Waals surface area contributed by atoms with Gasteiger partial charge in [-0.3, -0.25) is 4.90 Å². The number of amides is 2. The largest absolute Gasteiger partial charge is 0.457 e. The van der Waals surface area contributed by atoms with Crippen LogP contribution >= 0.6 is 0 Å². The summed E-state index contributed by atoms with van der Waals surface area (Å²) in [6.07, 6.45) is 0. The number of nitrogens with one attached hydrogen (secondary N) is 1. The number of ether oxygens (including phenoxy) is 1. The van der Waals surface area contributed by atoms with E-state index in [1.54, 1.807) is 0 Å². The molecule has 2 aromatic carbocycles.